The molecule has 2 aromatic carbocycles. The number of carbonyl (C=O) groups excluding carboxylic acids is 1. The zero-order valence-corrected chi connectivity index (χ0v) is 16.1. The summed E-state index contributed by atoms with van der Waals surface area (Å²) < 4.78 is 14.8. The van der Waals surface area contributed by atoms with E-state index in [4.69, 9.17) is 49.0 Å². The molecule has 0 spiro atoms. The zero-order chi connectivity index (χ0) is 18.5. The van der Waals surface area contributed by atoms with Crippen LogP contribution in [0.1, 0.15) is 22.6 Å². The van der Waals surface area contributed by atoms with Gasteiger partial charge in [0.1, 0.15) is 16.9 Å². The van der Waals surface area contributed by atoms with Gasteiger partial charge in [-0.2, -0.15) is 0 Å². The fourth-order valence-electron chi connectivity index (χ4n) is 3.12. The average Bonchev–Trinajstić information content (AvgIpc) is 2.94. The Balaban J connectivity index is 1.45. The largest absolute Gasteiger partial charge is 0.460 e. The van der Waals surface area contributed by atoms with E-state index in [2.05, 4.69) is 0 Å². The van der Waals surface area contributed by atoms with Gasteiger partial charge in [0.2, 0.25) is 6.79 Å². The number of benzene rings is 2. The van der Waals surface area contributed by atoms with Gasteiger partial charge in [-0.1, -0.05) is 64.6 Å². The highest BCUT2D eigenvalue weighted by molar-refractivity contribution is 6.53. The number of carbonyl (C=O) groups is 1. The highest BCUT2D eigenvalue weighted by Crippen LogP contribution is 2.65. The highest BCUT2D eigenvalue weighted by atomic mass is 35.5. The van der Waals surface area contributed by atoms with E-state index < -0.39 is 16.2 Å². The number of halogens is 3. The summed E-state index contributed by atoms with van der Waals surface area (Å²) in [6.07, 6.45) is 0. The molecule has 0 N–H and O–H groups in total. The lowest BCUT2D eigenvalue weighted by Gasteiger charge is -2.08. The quantitative estimate of drug-likeness (QED) is 0.522. The lowest BCUT2D eigenvalue weighted by molar-refractivity contribution is -0.146. The number of fused-ring (bicyclic) bond motifs is 1. The van der Waals surface area contributed by atoms with Gasteiger partial charge in [-0.15, -0.1) is 0 Å². The zero-order valence-electron chi connectivity index (χ0n) is 13.8. The van der Waals surface area contributed by atoms with Crippen molar-refractivity contribution in [3.05, 3.63) is 58.1 Å². The van der Waals surface area contributed by atoms with Gasteiger partial charge in [0.25, 0.3) is 0 Å². The fraction of sp³-hybridized carbons (Fsp3) is 0.316. The SMILES string of the molecule is Cc1ccc(C2C(C(=O)OCc3cc4c(cc3Cl)OCO4)C2(Cl)Cl)cc1. The number of alkyl halides is 2. The first-order valence-corrected chi connectivity index (χ1v) is 9.20. The number of esters is 1. The van der Waals surface area contributed by atoms with Crippen molar-refractivity contribution in [1.29, 1.82) is 0 Å². The van der Waals surface area contributed by atoms with Crippen molar-refractivity contribution in [2.24, 2.45) is 5.92 Å². The van der Waals surface area contributed by atoms with Gasteiger partial charge in [-0.05, 0) is 18.6 Å². The minimum absolute atomic E-state index is 0.00921. The van der Waals surface area contributed by atoms with Crippen LogP contribution in [0.15, 0.2) is 36.4 Å². The van der Waals surface area contributed by atoms with Gasteiger partial charge >= 0.3 is 5.97 Å². The van der Waals surface area contributed by atoms with E-state index in [1.54, 1.807) is 12.1 Å². The minimum Gasteiger partial charge on any atom is -0.460 e. The Morgan fingerprint density at radius 3 is 2.54 bits per heavy atom. The maximum atomic E-state index is 12.5. The normalized spacial score (nSPS) is 22.2. The molecule has 1 fully saturated rings. The van der Waals surface area contributed by atoms with E-state index in [9.17, 15) is 4.79 Å². The lowest BCUT2D eigenvalue weighted by Crippen LogP contribution is -2.11. The predicted octanol–water partition coefficient (Wildman–Crippen LogP) is 5.01. The second-order valence-corrected chi connectivity index (χ2v) is 8.30. The first kappa shape index (κ1) is 17.8. The second kappa shape index (κ2) is 6.52. The Kier molecular flexibility index (Phi) is 4.46. The molecular formula is C19H15Cl3O4. The Labute approximate surface area is 165 Å². The van der Waals surface area contributed by atoms with Crippen molar-refractivity contribution in [2.75, 3.05) is 6.79 Å². The Morgan fingerprint density at radius 2 is 1.85 bits per heavy atom. The summed E-state index contributed by atoms with van der Waals surface area (Å²) in [4.78, 5) is 12.5. The van der Waals surface area contributed by atoms with Crippen molar-refractivity contribution in [3.8, 4) is 11.5 Å². The molecule has 1 saturated carbocycles. The van der Waals surface area contributed by atoms with Crippen LogP contribution in [-0.4, -0.2) is 17.1 Å². The van der Waals surface area contributed by atoms with Crippen LogP contribution in [0.4, 0.5) is 0 Å². The number of aryl methyl sites for hydroxylation is 1. The Hall–Kier alpha value is -1.62. The summed E-state index contributed by atoms with van der Waals surface area (Å²) in [6.45, 7) is 2.15. The summed E-state index contributed by atoms with van der Waals surface area (Å²) in [5.41, 5.74) is 2.68. The molecular weight excluding hydrogens is 399 g/mol. The van der Waals surface area contributed by atoms with Crippen molar-refractivity contribution in [2.45, 2.75) is 23.8 Å². The summed E-state index contributed by atoms with van der Waals surface area (Å²) >= 11 is 18.9. The van der Waals surface area contributed by atoms with E-state index >= 15 is 0 Å². The molecule has 1 aliphatic heterocycles. The van der Waals surface area contributed by atoms with Crippen molar-refractivity contribution in [3.63, 3.8) is 0 Å². The summed E-state index contributed by atoms with van der Waals surface area (Å²) in [7, 11) is 0. The molecule has 2 unspecified atom stereocenters. The molecule has 0 aromatic heterocycles. The minimum atomic E-state index is -1.16. The van der Waals surface area contributed by atoms with Gasteiger partial charge in [0.05, 0.1) is 5.02 Å². The van der Waals surface area contributed by atoms with Gasteiger partial charge in [-0.3, -0.25) is 4.79 Å². The monoisotopic (exact) mass is 412 g/mol. The summed E-state index contributed by atoms with van der Waals surface area (Å²) in [6, 6.07) is 11.1. The molecule has 7 heteroatoms. The van der Waals surface area contributed by atoms with Crippen LogP contribution >= 0.6 is 34.8 Å². The van der Waals surface area contributed by atoms with Crippen LogP contribution in [0, 0.1) is 12.8 Å². The first-order valence-electron chi connectivity index (χ1n) is 8.07. The van der Waals surface area contributed by atoms with Crippen LogP contribution in [-0.2, 0) is 16.1 Å². The van der Waals surface area contributed by atoms with E-state index in [0.717, 1.165) is 11.1 Å². The summed E-state index contributed by atoms with van der Waals surface area (Å²) in [5, 5.41) is 0.441. The molecule has 26 heavy (non-hydrogen) atoms. The maximum absolute atomic E-state index is 12.5. The van der Waals surface area contributed by atoms with Crippen LogP contribution in [0.25, 0.3) is 0 Å². The van der Waals surface area contributed by atoms with Gasteiger partial charge in [-0.25, -0.2) is 0 Å². The van der Waals surface area contributed by atoms with Crippen molar-refractivity contribution < 1.29 is 19.0 Å². The smallest absolute Gasteiger partial charge is 0.313 e. The third kappa shape index (κ3) is 3.11. The molecule has 136 valence electrons. The Bertz CT molecular complexity index is 864. The molecule has 0 saturated heterocycles. The third-order valence-corrected chi connectivity index (χ3v) is 5.95. The molecule has 4 nitrogen and oxygen atoms in total. The second-order valence-electron chi connectivity index (χ2n) is 6.45. The Morgan fingerprint density at radius 1 is 1.19 bits per heavy atom. The summed E-state index contributed by atoms with van der Waals surface area (Å²) in [5.74, 6) is -0.192. The van der Waals surface area contributed by atoms with Gasteiger partial charge < -0.3 is 14.2 Å². The third-order valence-electron chi connectivity index (χ3n) is 4.66. The number of ether oxygens (including phenoxy) is 3. The molecule has 4 rings (SSSR count). The highest BCUT2D eigenvalue weighted by Gasteiger charge is 2.68. The molecule has 0 bridgehead atoms. The number of hydrogen-bond donors (Lipinski definition) is 0. The molecule has 1 aliphatic carbocycles. The molecule has 1 heterocycles. The van der Waals surface area contributed by atoms with Crippen LogP contribution in [0.3, 0.4) is 0 Å². The van der Waals surface area contributed by atoms with Crippen molar-refractivity contribution >= 4 is 40.8 Å². The van der Waals surface area contributed by atoms with Crippen molar-refractivity contribution in [1.82, 2.24) is 0 Å². The van der Waals surface area contributed by atoms with E-state index in [0.29, 0.717) is 22.1 Å². The van der Waals surface area contributed by atoms with Gasteiger partial charge in [0, 0.05) is 17.5 Å². The molecule has 2 aliphatic rings. The molecule has 0 amide bonds. The van der Waals surface area contributed by atoms with Gasteiger partial charge in [0.15, 0.2) is 11.5 Å². The fourth-order valence-corrected chi connectivity index (χ4v) is 4.13. The van der Waals surface area contributed by atoms with E-state index in [1.807, 2.05) is 31.2 Å². The molecule has 2 aromatic rings. The maximum Gasteiger partial charge on any atom is 0.313 e. The van der Waals surface area contributed by atoms with Crippen LogP contribution < -0.4 is 9.47 Å². The lowest BCUT2D eigenvalue weighted by atomic mass is 10.1. The molecule has 2 atom stereocenters. The topological polar surface area (TPSA) is 44.8 Å². The van der Waals surface area contributed by atoms with Crippen LogP contribution in [0.2, 0.25) is 5.02 Å². The predicted molar refractivity (Wildman–Crippen MR) is 99.2 cm³/mol. The first-order chi connectivity index (χ1) is 12.4. The molecule has 0 radical (unpaired) electrons. The van der Waals surface area contributed by atoms with E-state index in [1.165, 1.54) is 0 Å². The van der Waals surface area contributed by atoms with E-state index in [-0.39, 0.29) is 19.3 Å². The standard InChI is InChI=1S/C19H15Cl3O4/c1-10-2-4-11(5-3-10)16-17(19(16,21)22)18(23)24-8-12-6-14-15(7-13(12)20)26-9-25-14/h2-7,16-17H,8-9H2,1H3. The van der Waals surface area contributed by atoms with Crippen LogP contribution in [0.5, 0.6) is 11.5 Å². The number of hydrogen-bond acceptors (Lipinski definition) is 4. The number of rotatable bonds is 4. The average molecular weight is 414 g/mol.